The second-order valence-electron chi connectivity index (χ2n) is 7.54. The van der Waals surface area contributed by atoms with Gasteiger partial charge in [0.25, 0.3) is 5.69 Å². The Morgan fingerprint density at radius 3 is 2.77 bits per heavy atom. The van der Waals surface area contributed by atoms with Gasteiger partial charge in [0.15, 0.2) is 5.17 Å². The molecule has 2 fully saturated rings. The molecule has 7 nitrogen and oxygen atoms in total. The summed E-state index contributed by atoms with van der Waals surface area (Å²) in [5.41, 5.74) is -0.416. The van der Waals surface area contributed by atoms with Gasteiger partial charge in [-0.1, -0.05) is 37.9 Å². The number of nitro groups is 1. The number of benzene rings is 1. The Balaban J connectivity index is 0.00000320. The SMILES string of the molecule is CCCN1/C(=N/C2CCCCC2)SCC1CC(=O)Nc1cc([N+](=O)[O-])ccc1F.Cl. The van der Waals surface area contributed by atoms with Crippen molar-refractivity contribution in [1.82, 2.24) is 4.90 Å². The molecule has 10 heteroatoms. The van der Waals surface area contributed by atoms with Crippen LogP contribution in [0.4, 0.5) is 15.8 Å². The van der Waals surface area contributed by atoms with Crippen molar-refractivity contribution in [1.29, 1.82) is 0 Å². The second kappa shape index (κ2) is 11.5. The molecule has 1 saturated carbocycles. The predicted octanol–water partition coefficient (Wildman–Crippen LogP) is 5.00. The number of nitro benzene ring substituents is 1. The number of amides is 1. The molecule has 166 valence electrons. The van der Waals surface area contributed by atoms with Gasteiger partial charge in [-0.25, -0.2) is 4.39 Å². The summed E-state index contributed by atoms with van der Waals surface area (Å²) in [6, 6.07) is 3.49. The summed E-state index contributed by atoms with van der Waals surface area (Å²) in [7, 11) is 0. The molecular formula is C20H28ClFN4O3S. The fourth-order valence-electron chi connectivity index (χ4n) is 3.80. The summed E-state index contributed by atoms with van der Waals surface area (Å²) in [4.78, 5) is 30.0. The molecule has 1 aliphatic carbocycles. The van der Waals surface area contributed by atoms with Crippen molar-refractivity contribution < 1.29 is 14.1 Å². The Morgan fingerprint density at radius 2 is 2.10 bits per heavy atom. The van der Waals surface area contributed by atoms with Gasteiger partial charge in [0.05, 0.1) is 16.7 Å². The molecule has 0 radical (unpaired) electrons. The van der Waals surface area contributed by atoms with E-state index in [-0.39, 0.29) is 42.2 Å². The van der Waals surface area contributed by atoms with Crippen LogP contribution in [0.15, 0.2) is 23.2 Å². The third-order valence-corrected chi connectivity index (χ3v) is 6.43. The summed E-state index contributed by atoms with van der Waals surface area (Å²) in [6.45, 7) is 2.92. The summed E-state index contributed by atoms with van der Waals surface area (Å²) < 4.78 is 14.0. The highest BCUT2D eigenvalue weighted by Gasteiger charge is 2.32. The number of halogens is 2. The van der Waals surface area contributed by atoms with Crippen LogP contribution in [0, 0.1) is 15.9 Å². The highest BCUT2D eigenvalue weighted by Crippen LogP contribution is 2.30. The van der Waals surface area contributed by atoms with Crippen LogP contribution in [0.1, 0.15) is 51.9 Å². The minimum absolute atomic E-state index is 0. The van der Waals surface area contributed by atoms with Crippen molar-refractivity contribution in [3.05, 3.63) is 34.1 Å². The molecule has 0 bridgehead atoms. The number of hydrogen-bond donors (Lipinski definition) is 1. The van der Waals surface area contributed by atoms with Crippen molar-refractivity contribution >= 4 is 46.6 Å². The lowest BCUT2D eigenvalue weighted by Crippen LogP contribution is -2.38. The van der Waals surface area contributed by atoms with Crippen LogP contribution in [0.5, 0.6) is 0 Å². The molecule has 1 aliphatic heterocycles. The van der Waals surface area contributed by atoms with Gasteiger partial charge in [-0.05, 0) is 25.3 Å². The van der Waals surface area contributed by atoms with Gasteiger partial charge in [0, 0.05) is 36.9 Å². The molecule has 1 aromatic rings. The number of amidine groups is 1. The molecule has 1 saturated heterocycles. The Kier molecular flexibility index (Phi) is 9.36. The van der Waals surface area contributed by atoms with Crippen LogP contribution < -0.4 is 5.32 Å². The van der Waals surface area contributed by atoms with Gasteiger partial charge < -0.3 is 10.2 Å². The molecule has 1 heterocycles. The zero-order chi connectivity index (χ0) is 20.8. The lowest BCUT2D eigenvalue weighted by atomic mass is 9.96. The monoisotopic (exact) mass is 458 g/mol. The van der Waals surface area contributed by atoms with Gasteiger partial charge >= 0.3 is 0 Å². The third-order valence-electron chi connectivity index (χ3n) is 5.28. The maximum atomic E-state index is 14.0. The number of anilines is 1. The van der Waals surface area contributed by atoms with Crippen molar-refractivity contribution in [3.8, 4) is 0 Å². The van der Waals surface area contributed by atoms with Crippen LogP contribution in [0.2, 0.25) is 0 Å². The quantitative estimate of drug-likeness (QED) is 0.458. The fraction of sp³-hybridized carbons (Fsp3) is 0.600. The molecule has 1 amide bonds. The number of nitrogens with one attached hydrogen (secondary N) is 1. The number of nitrogens with zero attached hydrogens (tertiary/aromatic N) is 3. The molecule has 3 rings (SSSR count). The number of carbonyl (C=O) groups is 1. The zero-order valence-corrected chi connectivity index (χ0v) is 18.6. The Morgan fingerprint density at radius 1 is 1.37 bits per heavy atom. The van der Waals surface area contributed by atoms with E-state index in [1.807, 2.05) is 0 Å². The number of non-ortho nitro benzene ring substituents is 1. The molecule has 1 N–H and O–H groups in total. The van der Waals surface area contributed by atoms with E-state index in [1.54, 1.807) is 11.8 Å². The van der Waals surface area contributed by atoms with E-state index in [1.165, 1.54) is 19.3 Å². The maximum absolute atomic E-state index is 14.0. The van der Waals surface area contributed by atoms with E-state index >= 15 is 0 Å². The highest BCUT2D eigenvalue weighted by molar-refractivity contribution is 8.14. The first-order chi connectivity index (χ1) is 14.0. The molecule has 2 aliphatic rings. The summed E-state index contributed by atoms with van der Waals surface area (Å²) in [6.07, 6.45) is 7.12. The van der Waals surface area contributed by atoms with Gasteiger partial charge in [-0.3, -0.25) is 19.9 Å². The zero-order valence-electron chi connectivity index (χ0n) is 17.0. The minimum atomic E-state index is -0.685. The van der Waals surface area contributed by atoms with Gasteiger partial charge in [-0.15, -0.1) is 12.4 Å². The number of hydrogen-bond acceptors (Lipinski definition) is 5. The Labute approximate surface area is 186 Å². The summed E-state index contributed by atoms with van der Waals surface area (Å²) >= 11 is 1.68. The standard InChI is InChI=1S/C20H27FN4O3S.ClH/c1-2-10-24-16(13-29-20(24)22-14-6-4-3-5-7-14)12-19(26)23-18-11-15(25(27)28)8-9-17(18)21;/h8-9,11,14,16H,2-7,10,12-13H2,1H3,(H,23,26);1H/b22-20-;. The van der Waals surface area contributed by atoms with Crippen molar-refractivity contribution in [3.63, 3.8) is 0 Å². The van der Waals surface area contributed by atoms with Crippen LogP contribution in [0.25, 0.3) is 0 Å². The van der Waals surface area contributed by atoms with E-state index in [2.05, 4.69) is 17.1 Å². The van der Waals surface area contributed by atoms with E-state index in [4.69, 9.17) is 4.99 Å². The van der Waals surface area contributed by atoms with Crippen LogP contribution in [0.3, 0.4) is 0 Å². The van der Waals surface area contributed by atoms with Crippen molar-refractivity contribution in [2.75, 3.05) is 17.6 Å². The van der Waals surface area contributed by atoms with Gasteiger partial charge in [0.1, 0.15) is 5.82 Å². The van der Waals surface area contributed by atoms with Crippen LogP contribution >= 0.6 is 24.2 Å². The number of thioether (sulfide) groups is 1. The van der Waals surface area contributed by atoms with E-state index in [0.29, 0.717) is 6.04 Å². The molecular weight excluding hydrogens is 431 g/mol. The van der Waals surface area contributed by atoms with E-state index in [0.717, 1.165) is 54.9 Å². The lowest BCUT2D eigenvalue weighted by molar-refractivity contribution is -0.384. The first-order valence-corrected chi connectivity index (χ1v) is 11.2. The topological polar surface area (TPSA) is 87.8 Å². The van der Waals surface area contributed by atoms with Crippen LogP contribution in [-0.2, 0) is 4.79 Å². The largest absolute Gasteiger partial charge is 0.347 e. The van der Waals surface area contributed by atoms with Crippen LogP contribution in [-0.4, -0.2) is 45.3 Å². The number of carbonyl (C=O) groups excluding carboxylic acids is 1. The molecule has 1 aromatic carbocycles. The fourth-order valence-corrected chi connectivity index (χ4v) is 5.07. The van der Waals surface area contributed by atoms with Gasteiger partial charge in [-0.2, -0.15) is 0 Å². The average Bonchev–Trinajstić information content (AvgIpc) is 3.05. The van der Waals surface area contributed by atoms with E-state index < -0.39 is 10.7 Å². The molecule has 1 unspecified atom stereocenters. The number of rotatable bonds is 7. The first-order valence-electron chi connectivity index (χ1n) is 10.2. The predicted molar refractivity (Wildman–Crippen MR) is 121 cm³/mol. The third kappa shape index (κ3) is 6.31. The Bertz CT molecular complexity index is 789. The second-order valence-corrected chi connectivity index (χ2v) is 8.52. The normalized spacial score (nSPS) is 20.8. The van der Waals surface area contributed by atoms with Gasteiger partial charge in [0.2, 0.25) is 5.91 Å². The average molecular weight is 459 g/mol. The Hall–Kier alpha value is -1.87. The molecule has 30 heavy (non-hydrogen) atoms. The van der Waals surface area contributed by atoms with Crippen molar-refractivity contribution in [2.45, 2.75) is 64.0 Å². The first kappa shape index (κ1) is 24.4. The minimum Gasteiger partial charge on any atom is -0.347 e. The smallest absolute Gasteiger partial charge is 0.271 e. The van der Waals surface area contributed by atoms with E-state index in [9.17, 15) is 19.3 Å². The molecule has 0 aromatic heterocycles. The number of aliphatic imine (C=N–C) groups is 1. The summed E-state index contributed by atoms with van der Waals surface area (Å²) in [5, 5.41) is 14.4. The highest BCUT2D eigenvalue weighted by atomic mass is 35.5. The van der Waals surface area contributed by atoms with Crippen molar-refractivity contribution in [2.24, 2.45) is 4.99 Å². The summed E-state index contributed by atoms with van der Waals surface area (Å²) in [5.74, 6) is -0.277. The molecule has 0 spiro atoms. The maximum Gasteiger partial charge on any atom is 0.271 e. The lowest BCUT2D eigenvalue weighted by Gasteiger charge is -2.27. The molecule has 1 atom stereocenters.